The van der Waals surface area contributed by atoms with Crippen molar-refractivity contribution >= 4 is 39.9 Å². The van der Waals surface area contributed by atoms with E-state index in [9.17, 15) is 27.6 Å². The summed E-state index contributed by atoms with van der Waals surface area (Å²) in [4.78, 5) is 49.0. The number of nitrogens with one attached hydrogen (secondary N) is 3. The molecule has 0 bridgehead atoms. The molecule has 2 heterocycles. The van der Waals surface area contributed by atoms with Gasteiger partial charge in [-0.2, -0.15) is 8.42 Å². The van der Waals surface area contributed by atoms with Crippen molar-refractivity contribution in [3.63, 3.8) is 0 Å². The summed E-state index contributed by atoms with van der Waals surface area (Å²) in [6, 6.07) is 2.82. The van der Waals surface area contributed by atoms with Gasteiger partial charge in [-0.1, -0.05) is 18.2 Å². The zero-order chi connectivity index (χ0) is 21.3. The second-order valence-electron chi connectivity index (χ2n) is 6.57. The SMILES string of the molecule is Cc1cccc(CC(=O)NC2CN(S(=O)(=O)O)C2=O)c1NC(=O)N1CCNC1=O. The van der Waals surface area contributed by atoms with Crippen molar-refractivity contribution < 1.29 is 32.1 Å². The highest BCUT2D eigenvalue weighted by Gasteiger charge is 2.44. The van der Waals surface area contributed by atoms with Crippen molar-refractivity contribution in [3.05, 3.63) is 29.3 Å². The van der Waals surface area contributed by atoms with E-state index in [2.05, 4.69) is 16.0 Å². The van der Waals surface area contributed by atoms with Gasteiger partial charge in [0, 0.05) is 18.8 Å². The minimum absolute atomic E-state index is 0.195. The zero-order valence-electron chi connectivity index (χ0n) is 15.3. The predicted molar refractivity (Wildman–Crippen MR) is 99.2 cm³/mol. The summed E-state index contributed by atoms with van der Waals surface area (Å²) in [7, 11) is -4.63. The van der Waals surface area contributed by atoms with Gasteiger partial charge in [-0.15, -0.1) is 0 Å². The van der Waals surface area contributed by atoms with E-state index in [4.69, 9.17) is 4.55 Å². The highest BCUT2D eigenvalue weighted by Crippen LogP contribution is 2.22. The molecule has 2 aliphatic heterocycles. The van der Waals surface area contributed by atoms with Crippen LogP contribution in [-0.4, -0.2) is 71.7 Å². The van der Waals surface area contributed by atoms with Gasteiger partial charge < -0.3 is 16.0 Å². The first-order chi connectivity index (χ1) is 13.6. The Labute approximate surface area is 166 Å². The molecule has 1 aromatic carbocycles. The summed E-state index contributed by atoms with van der Waals surface area (Å²) in [6.07, 6.45) is -0.195. The number of amides is 6. The molecule has 2 aliphatic rings. The molecule has 0 aromatic heterocycles. The van der Waals surface area contributed by atoms with E-state index in [1.54, 1.807) is 25.1 Å². The Kier molecular flexibility index (Phi) is 5.44. The maximum atomic E-state index is 12.3. The Hall–Kier alpha value is -3.19. The first-order valence-electron chi connectivity index (χ1n) is 8.61. The van der Waals surface area contributed by atoms with Crippen molar-refractivity contribution in [2.24, 2.45) is 0 Å². The molecule has 12 nitrogen and oxygen atoms in total. The van der Waals surface area contributed by atoms with Gasteiger partial charge in [-0.25, -0.2) is 18.8 Å². The second-order valence-corrected chi connectivity index (χ2v) is 7.90. The van der Waals surface area contributed by atoms with E-state index in [0.717, 1.165) is 4.90 Å². The fourth-order valence-corrected chi connectivity index (χ4v) is 3.72. The van der Waals surface area contributed by atoms with Gasteiger partial charge in [0.25, 0.3) is 5.91 Å². The first kappa shape index (κ1) is 20.5. The molecule has 0 aliphatic carbocycles. The molecular formula is C16H19N5O7S. The number of urea groups is 2. The van der Waals surface area contributed by atoms with Crippen LogP contribution in [0.4, 0.5) is 15.3 Å². The first-order valence-corrected chi connectivity index (χ1v) is 10.0. The van der Waals surface area contributed by atoms with Crippen molar-refractivity contribution in [2.75, 3.05) is 25.0 Å². The van der Waals surface area contributed by atoms with E-state index in [0.29, 0.717) is 23.4 Å². The van der Waals surface area contributed by atoms with Crippen molar-refractivity contribution in [1.82, 2.24) is 19.8 Å². The monoisotopic (exact) mass is 425 g/mol. The Bertz CT molecular complexity index is 993. The van der Waals surface area contributed by atoms with Crippen LogP contribution in [0.1, 0.15) is 11.1 Å². The third-order valence-electron chi connectivity index (χ3n) is 4.55. The molecular weight excluding hydrogens is 406 g/mol. The third-order valence-corrected chi connectivity index (χ3v) is 5.44. The smallest absolute Gasteiger partial charge is 0.342 e. The predicted octanol–water partition coefficient (Wildman–Crippen LogP) is -0.776. The standard InChI is InChI=1S/C16H19N5O7S/c1-9-3-2-4-10(13(9)19-16(25)20-6-5-17-15(20)24)7-12(22)18-11-8-21(14(11)23)29(26,27)28/h2-4,11H,5-8H2,1H3,(H,17,24)(H,18,22)(H,19,25)(H,26,27,28). The largest absolute Gasteiger partial charge is 0.362 e. The number of benzene rings is 1. The number of rotatable bonds is 5. The van der Waals surface area contributed by atoms with Crippen LogP contribution in [0.25, 0.3) is 0 Å². The van der Waals surface area contributed by atoms with Crippen LogP contribution in [0.3, 0.4) is 0 Å². The number of aryl methyl sites for hydroxylation is 1. The molecule has 1 unspecified atom stereocenters. The number of β-lactam (4-membered cyclic amide) rings is 1. The van der Waals surface area contributed by atoms with E-state index >= 15 is 0 Å². The number of carbonyl (C=O) groups excluding carboxylic acids is 4. The van der Waals surface area contributed by atoms with E-state index < -0.39 is 40.2 Å². The molecule has 156 valence electrons. The Morgan fingerprint density at radius 1 is 1.31 bits per heavy atom. The lowest BCUT2D eigenvalue weighted by atomic mass is 10.0. The summed E-state index contributed by atoms with van der Waals surface area (Å²) in [5.41, 5.74) is 1.49. The van der Waals surface area contributed by atoms with Gasteiger partial charge in [-0.05, 0) is 18.1 Å². The van der Waals surface area contributed by atoms with E-state index in [1.165, 1.54) is 0 Å². The lowest BCUT2D eigenvalue weighted by Gasteiger charge is -2.35. The zero-order valence-corrected chi connectivity index (χ0v) is 16.2. The van der Waals surface area contributed by atoms with E-state index in [1.807, 2.05) is 0 Å². The fraction of sp³-hybridized carbons (Fsp3) is 0.375. The van der Waals surface area contributed by atoms with Crippen LogP contribution in [0.15, 0.2) is 18.2 Å². The summed E-state index contributed by atoms with van der Waals surface area (Å²) >= 11 is 0. The molecule has 3 rings (SSSR count). The van der Waals surface area contributed by atoms with Crippen LogP contribution in [0.2, 0.25) is 0 Å². The van der Waals surface area contributed by atoms with E-state index in [-0.39, 0.29) is 23.8 Å². The molecule has 0 radical (unpaired) electrons. The number of carbonyl (C=O) groups is 4. The lowest BCUT2D eigenvalue weighted by molar-refractivity contribution is -0.140. The average molecular weight is 425 g/mol. The molecule has 1 aromatic rings. The van der Waals surface area contributed by atoms with Gasteiger partial charge in [0.1, 0.15) is 6.04 Å². The minimum Gasteiger partial charge on any atom is -0.342 e. The summed E-state index contributed by atoms with van der Waals surface area (Å²) in [5, 5.41) is 7.53. The molecule has 1 atom stereocenters. The van der Waals surface area contributed by atoms with Gasteiger partial charge in [0.15, 0.2) is 0 Å². The minimum atomic E-state index is -4.63. The van der Waals surface area contributed by atoms with Crippen LogP contribution in [0.5, 0.6) is 0 Å². The number of anilines is 1. The van der Waals surface area contributed by atoms with Crippen molar-refractivity contribution in [3.8, 4) is 0 Å². The lowest BCUT2D eigenvalue weighted by Crippen LogP contribution is -2.65. The molecule has 13 heteroatoms. The number of hydrogen-bond acceptors (Lipinski definition) is 6. The number of imide groups is 1. The van der Waals surface area contributed by atoms with Crippen LogP contribution in [-0.2, 0) is 26.3 Å². The second kappa shape index (κ2) is 7.67. The van der Waals surface area contributed by atoms with Crippen molar-refractivity contribution in [1.29, 1.82) is 0 Å². The third kappa shape index (κ3) is 4.30. The van der Waals surface area contributed by atoms with Gasteiger partial charge >= 0.3 is 22.4 Å². The summed E-state index contributed by atoms with van der Waals surface area (Å²) < 4.78 is 31.0. The molecule has 2 fully saturated rings. The highest BCUT2D eigenvalue weighted by molar-refractivity contribution is 7.84. The molecule has 4 N–H and O–H groups in total. The average Bonchev–Trinajstić information content (AvgIpc) is 3.05. The van der Waals surface area contributed by atoms with Gasteiger partial charge in [-0.3, -0.25) is 14.1 Å². The summed E-state index contributed by atoms with van der Waals surface area (Å²) in [5.74, 6) is -1.50. The maximum absolute atomic E-state index is 12.3. The molecule has 0 spiro atoms. The fourth-order valence-electron chi connectivity index (χ4n) is 3.02. The highest BCUT2D eigenvalue weighted by atomic mass is 32.2. The molecule has 2 saturated heterocycles. The number of nitrogens with zero attached hydrogens (tertiary/aromatic N) is 2. The van der Waals surface area contributed by atoms with Gasteiger partial charge in [0.2, 0.25) is 5.91 Å². The quantitative estimate of drug-likeness (QED) is 0.355. The summed E-state index contributed by atoms with van der Waals surface area (Å²) in [6.45, 7) is 1.94. The van der Waals surface area contributed by atoms with Crippen molar-refractivity contribution in [2.45, 2.75) is 19.4 Å². The molecule has 0 saturated carbocycles. The number of hydrogen-bond donors (Lipinski definition) is 4. The topological polar surface area (TPSA) is 165 Å². The Morgan fingerprint density at radius 3 is 2.62 bits per heavy atom. The van der Waals surface area contributed by atoms with Crippen LogP contribution >= 0.6 is 0 Å². The van der Waals surface area contributed by atoms with Gasteiger partial charge in [0.05, 0.1) is 13.0 Å². The number of para-hydroxylation sites is 1. The van der Waals surface area contributed by atoms with Crippen LogP contribution in [0, 0.1) is 6.92 Å². The Balaban J connectivity index is 1.66. The molecule has 29 heavy (non-hydrogen) atoms. The Morgan fingerprint density at radius 2 is 2.03 bits per heavy atom. The van der Waals surface area contributed by atoms with Crippen LogP contribution < -0.4 is 16.0 Å². The maximum Gasteiger partial charge on any atom is 0.362 e. The molecule has 6 amide bonds. The normalized spacial score (nSPS) is 18.9.